The van der Waals surface area contributed by atoms with E-state index in [0.29, 0.717) is 6.61 Å². The number of carbonyl (C=O) groups excluding carboxylic acids is 1. The minimum Gasteiger partial charge on any atom is -0.465 e. The van der Waals surface area contributed by atoms with E-state index in [-0.39, 0.29) is 5.97 Å². The average Bonchev–Trinajstić information content (AvgIpc) is 2.04. The van der Waals surface area contributed by atoms with Crippen LogP contribution in [0.3, 0.4) is 0 Å². The van der Waals surface area contributed by atoms with Crippen molar-refractivity contribution in [3.63, 3.8) is 0 Å². The maximum Gasteiger partial charge on any atom is 0.322 e. The summed E-state index contributed by atoms with van der Waals surface area (Å²) in [6.07, 6.45) is 0. The molecule has 0 unspecified atom stereocenters. The van der Waals surface area contributed by atoms with Gasteiger partial charge in [0.15, 0.2) is 0 Å². The summed E-state index contributed by atoms with van der Waals surface area (Å²) in [6.45, 7) is 6.51. The van der Waals surface area contributed by atoms with E-state index in [0.717, 1.165) is 11.4 Å². The van der Waals surface area contributed by atoms with Gasteiger partial charge in [-0.1, -0.05) is 13.1 Å². The molecule has 0 heterocycles. The smallest absolute Gasteiger partial charge is 0.322 e. The zero-order valence-corrected chi connectivity index (χ0v) is 10.4. The van der Waals surface area contributed by atoms with Crippen LogP contribution in [0.1, 0.15) is 6.92 Å². The molecule has 0 aliphatic carbocycles. The van der Waals surface area contributed by atoms with Gasteiger partial charge in [0.05, 0.1) is 14.7 Å². The van der Waals surface area contributed by atoms with Gasteiger partial charge in [0.1, 0.15) is 6.04 Å². The van der Waals surface area contributed by atoms with Crippen LogP contribution in [0.15, 0.2) is 0 Å². The van der Waals surface area contributed by atoms with Crippen molar-refractivity contribution in [2.75, 3.05) is 12.0 Å². The molecule has 3 nitrogen and oxygen atoms in total. The topological polar surface area (TPSA) is 52.3 Å². The van der Waals surface area contributed by atoms with Gasteiger partial charge in [0, 0.05) is 0 Å². The first-order valence-electron chi connectivity index (χ1n) is 4.46. The van der Waals surface area contributed by atoms with Crippen molar-refractivity contribution < 1.29 is 9.53 Å². The molecule has 13 heavy (non-hydrogen) atoms. The fourth-order valence-corrected chi connectivity index (χ4v) is 2.87. The zero-order chi connectivity index (χ0) is 10.5. The molecule has 0 aromatic rings. The lowest BCUT2D eigenvalue weighted by atomic mass is 10.4. The molecule has 0 saturated carbocycles. The second-order valence-corrected chi connectivity index (χ2v) is 9.89. The molecule has 0 fully saturated rings. The van der Waals surface area contributed by atoms with Crippen LogP contribution in [-0.4, -0.2) is 32.1 Å². The summed E-state index contributed by atoms with van der Waals surface area (Å²) in [4.78, 5) is 11.2. The highest BCUT2D eigenvalue weighted by atomic mass is 32.1. The molecule has 0 aromatic heterocycles. The molecule has 0 aromatic carbocycles. The molecule has 0 bridgehead atoms. The normalized spacial score (nSPS) is 13.9. The molecule has 0 spiro atoms. The standard InChI is InChI=1S/C8H19NO2SSi/c1-4-11-8(10)7(9)5-13(2,3)6-12/h7,12H,4-6,9H2,1-3H3/t7-/m0/s1. The van der Waals surface area contributed by atoms with Gasteiger partial charge in [0.25, 0.3) is 0 Å². The van der Waals surface area contributed by atoms with Gasteiger partial charge in [-0.2, -0.15) is 12.6 Å². The number of carbonyl (C=O) groups is 1. The van der Waals surface area contributed by atoms with E-state index in [9.17, 15) is 4.79 Å². The van der Waals surface area contributed by atoms with E-state index in [2.05, 4.69) is 25.7 Å². The summed E-state index contributed by atoms with van der Waals surface area (Å²) in [7, 11) is -1.39. The van der Waals surface area contributed by atoms with Crippen LogP contribution in [0.5, 0.6) is 0 Å². The fraction of sp³-hybridized carbons (Fsp3) is 0.875. The maximum atomic E-state index is 11.2. The number of hydrogen-bond acceptors (Lipinski definition) is 4. The van der Waals surface area contributed by atoms with E-state index < -0.39 is 14.1 Å². The Morgan fingerprint density at radius 3 is 2.54 bits per heavy atom. The maximum absolute atomic E-state index is 11.2. The van der Waals surface area contributed by atoms with E-state index in [1.165, 1.54) is 0 Å². The van der Waals surface area contributed by atoms with Crippen molar-refractivity contribution in [1.29, 1.82) is 0 Å². The fourth-order valence-electron chi connectivity index (χ4n) is 0.993. The largest absolute Gasteiger partial charge is 0.465 e. The first-order valence-corrected chi connectivity index (χ1v) is 8.50. The van der Waals surface area contributed by atoms with Crippen LogP contribution >= 0.6 is 12.6 Å². The predicted molar refractivity (Wildman–Crippen MR) is 60.8 cm³/mol. The lowest BCUT2D eigenvalue weighted by Crippen LogP contribution is -2.42. The van der Waals surface area contributed by atoms with Crippen LogP contribution in [0.2, 0.25) is 19.1 Å². The Hall–Kier alpha value is -0.00312. The van der Waals surface area contributed by atoms with Crippen LogP contribution < -0.4 is 5.73 Å². The molecular weight excluding hydrogens is 202 g/mol. The molecule has 5 heteroatoms. The lowest BCUT2D eigenvalue weighted by molar-refractivity contribution is -0.144. The summed E-state index contributed by atoms with van der Waals surface area (Å²) >= 11 is 4.25. The molecule has 0 aliphatic heterocycles. The molecule has 0 aliphatic rings. The number of hydrogen-bond donors (Lipinski definition) is 2. The summed E-state index contributed by atoms with van der Waals surface area (Å²) in [6, 6.07) is 0.281. The number of ether oxygens (including phenoxy) is 1. The van der Waals surface area contributed by atoms with Crippen molar-refractivity contribution in [2.45, 2.75) is 32.1 Å². The molecule has 2 N–H and O–H groups in total. The summed E-state index contributed by atoms with van der Waals surface area (Å²) in [5.74, 6) is -0.287. The second-order valence-electron chi connectivity index (χ2n) is 3.88. The van der Waals surface area contributed by atoms with Crippen LogP contribution in [0.4, 0.5) is 0 Å². The van der Waals surface area contributed by atoms with E-state index in [1.807, 2.05) is 0 Å². The summed E-state index contributed by atoms with van der Waals surface area (Å²) in [5, 5.41) is 0.847. The summed E-state index contributed by atoms with van der Waals surface area (Å²) < 4.78 is 4.83. The Balaban J connectivity index is 3.99. The van der Waals surface area contributed by atoms with Crippen molar-refractivity contribution >= 4 is 26.7 Å². The van der Waals surface area contributed by atoms with E-state index >= 15 is 0 Å². The number of thiol groups is 1. The van der Waals surface area contributed by atoms with Gasteiger partial charge in [-0.05, 0) is 18.3 Å². The molecule has 1 atom stereocenters. The molecule has 0 rings (SSSR count). The second kappa shape index (κ2) is 5.67. The Morgan fingerprint density at radius 1 is 1.62 bits per heavy atom. The Bertz CT molecular complexity index is 176. The van der Waals surface area contributed by atoms with E-state index in [1.54, 1.807) is 6.92 Å². The van der Waals surface area contributed by atoms with Crippen molar-refractivity contribution in [3.8, 4) is 0 Å². The Kier molecular flexibility index (Phi) is 5.67. The summed E-state index contributed by atoms with van der Waals surface area (Å²) in [5.41, 5.74) is 5.69. The van der Waals surface area contributed by atoms with Crippen molar-refractivity contribution in [1.82, 2.24) is 0 Å². The van der Waals surface area contributed by atoms with Gasteiger partial charge in [-0.3, -0.25) is 4.79 Å². The molecule has 0 amide bonds. The highest BCUT2D eigenvalue weighted by Gasteiger charge is 2.26. The SMILES string of the molecule is CCOC(=O)[C@@H](N)C[Si](C)(C)CS. The molecule has 0 radical (unpaired) electrons. The zero-order valence-electron chi connectivity index (χ0n) is 8.54. The minimum atomic E-state index is -1.39. The van der Waals surface area contributed by atoms with Crippen LogP contribution in [0, 0.1) is 0 Å². The molecule has 78 valence electrons. The predicted octanol–water partition coefficient (Wildman–Crippen LogP) is 1.05. The van der Waals surface area contributed by atoms with Gasteiger partial charge in [-0.25, -0.2) is 0 Å². The third kappa shape index (κ3) is 5.33. The van der Waals surface area contributed by atoms with Gasteiger partial charge in [-0.15, -0.1) is 0 Å². The van der Waals surface area contributed by atoms with E-state index in [4.69, 9.17) is 10.5 Å². The lowest BCUT2D eigenvalue weighted by Gasteiger charge is -2.22. The highest BCUT2D eigenvalue weighted by molar-refractivity contribution is 7.82. The molecule has 0 saturated heterocycles. The third-order valence-corrected chi connectivity index (χ3v) is 6.76. The number of esters is 1. The number of nitrogens with two attached hydrogens (primary N) is 1. The van der Waals surface area contributed by atoms with Crippen molar-refractivity contribution in [2.24, 2.45) is 5.73 Å². The van der Waals surface area contributed by atoms with Gasteiger partial charge < -0.3 is 10.5 Å². The first-order chi connectivity index (χ1) is 5.93. The monoisotopic (exact) mass is 221 g/mol. The quantitative estimate of drug-likeness (QED) is 0.414. The molecular formula is C8H19NO2SSi. The minimum absolute atomic E-state index is 0.287. The third-order valence-electron chi connectivity index (χ3n) is 1.79. The van der Waals surface area contributed by atoms with Gasteiger partial charge in [0.2, 0.25) is 0 Å². The van der Waals surface area contributed by atoms with Crippen molar-refractivity contribution in [3.05, 3.63) is 0 Å². The number of rotatable bonds is 5. The first kappa shape index (κ1) is 13.0. The Morgan fingerprint density at radius 2 is 2.15 bits per heavy atom. The highest BCUT2D eigenvalue weighted by Crippen LogP contribution is 2.13. The van der Waals surface area contributed by atoms with Gasteiger partial charge >= 0.3 is 5.97 Å². The Labute approximate surface area is 86.4 Å². The van der Waals surface area contributed by atoms with Crippen LogP contribution in [0.25, 0.3) is 0 Å². The van der Waals surface area contributed by atoms with Crippen LogP contribution in [-0.2, 0) is 9.53 Å². The average molecular weight is 221 g/mol.